The van der Waals surface area contributed by atoms with Gasteiger partial charge in [0, 0.05) is 35.1 Å². The van der Waals surface area contributed by atoms with Crippen LogP contribution in [0.25, 0.3) is 11.0 Å². The fourth-order valence-corrected chi connectivity index (χ4v) is 6.15. The Bertz CT molecular complexity index is 1250. The van der Waals surface area contributed by atoms with E-state index in [4.69, 9.17) is 0 Å². The second-order valence-corrected chi connectivity index (χ2v) is 10.5. The van der Waals surface area contributed by atoms with Crippen LogP contribution < -0.4 is 5.32 Å². The fourth-order valence-electron chi connectivity index (χ4n) is 5.39. The third kappa shape index (κ3) is 5.90. The number of thioether (sulfide) groups is 1. The van der Waals surface area contributed by atoms with Gasteiger partial charge in [-0.25, -0.2) is 15.0 Å². The molecular formula is C25H31F3N6O2S. The van der Waals surface area contributed by atoms with Crippen molar-refractivity contribution in [2.45, 2.75) is 45.8 Å². The van der Waals surface area contributed by atoms with Crippen LogP contribution in [0.5, 0.6) is 0 Å². The monoisotopic (exact) mass is 536 g/mol. The van der Waals surface area contributed by atoms with Crippen molar-refractivity contribution in [3.8, 4) is 0 Å². The Hall–Kier alpha value is -2.73. The summed E-state index contributed by atoms with van der Waals surface area (Å²) in [6.45, 7) is 5.61. The Morgan fingerprint density at radius 3 is 2.62 bits per heavy atom. The van der Waals surface area contributed by atoms with Gasteiger partial charge in [0.1, 0.15) is 12.0 Å². The molecule has 37 heavy (non-hydrogen) atoms. The molecule has 0 radical (unpaired) electrons. The van der Waals surface area contributed by atoms with Gasteiger partial charge in [0.15, 0.2) is 0 Å². The average Bonchev–Trinajstić information content (AvgIpc) is 3.13. The van der Waals surface area contributed by atoms with E-state index in [2.05, 4.69) is 20.3 Å². The lowest BCUT2D eigenvalue weighted by Crippen LogP contribution is -2.41. The van der Waals surface area contributed by atoms with Gasteiger partial charge in [-0.05, 0) is 65.0 Å². The standard InChI is InChI=1S/C25H31F3N6O2S/c1-14-9-20(37-4)18(23(35)32-14)11-30-24(36)21-16(3)34(22-19(21)10-29-13-31-22)15(2)17-5-7-33(8-6-17)12-25(26,27)28/h9-10,13,15,17-18H,5-8,11-12H2,1-4H3,(H,30,36)/t15-,18?/m1/s1. The second kappa shape index (κ2) is 10.9. The van der Waals surface area contributed by atoms with Crippen molar-refractivity contribution >= 4 is 40.3 Å². The van der Waals surface area contributed by atoms with Crippen LogP contribution in [0.15, 0.2) is 28.5 Å². The largest absolute Gasteiger partial charge is 0.401 e. The molecule has 1 N–H and O–H groups in total. The lowest BCUT2D eigenvalue weighted by molar-refractivity contribution is -0.149. The third-order valence-corrected chi connectivity index (χ3v) is 8.12. The van der Waals surface area contributed by atoms with E-state index in [-0.39, 0.29) is 30.3 Å². The summed E-state index contributed by atoms with van der Waals surface area (Å²) in [5, 5.41) is 3.51. The number of halogens is 3. The van der Waals surface area contributed by atoms with Crippen LogP contribution in [0.1, 0.15) is 48.8 Å². The van der Waals surface area contributed by atoms with Crippen molar-refractivity contribution in [1.82, 2.24) is 24.8 Å². The molecule has 4 heterocycles. The molecule has 12 heteroatoms. The minimum Gasteiger partial charge on any atom is -0.351 e. The number of hydrogen-bond donors (Lipinski definition) is 1. The van der Waals surface area contributed by atoms with Gasteiger partial charge < -0.3 is 9.88 Å². The molecule has 2 atom stereocenters. The van der Waals surface area contributed by atoms with E-state index in [9.17, 15) is 22.8 Å². The van der Waals surface area contributed by atoms with E-state index in [1.807, 2.05) is 30.7 Å². The summed E-state index contributed by atoms with van der Waals surface area (Å²) in [5.74, 6) is -1.01. The van der Waals surface area contributed by atoms with E-state index in [1.54, 1.807) is 13.1 Å². The molecule has 8 nitrogen and oxygen atoms in total. The number of hydrogen-bond acceptors (Lipinski definition) is 6. The minimum absolute atomic E-state index is 0.0738. The van der Waals surface area contributed by atoms with Crippen molar-refractivity contribution in [2.24, 2.45) is 16.8 Å². The van der Waals surface area contributed by atoms with Crippen LogP contribution in [-0.4, -0.2) is 75.6 Å². The predicted molar refractivity (Wildman–Crippen MR) is 138 cm³/mol. The van der Waals surface area contributed by atoms with Crippen molar-refractivity contribution in [1.29, 1.82) is 0 Å². The first-order chi connectivity index (χ1) is 17.5. The number of alkyl halides is 3. The van der Waals surface area contributed by atoms with Gasteiger partial charge in [0.05, 0.1) is 23.4 Å². The highest BCUT2D eigenvalue weighted by Gasteiger charge is 2.35. The first-order valence-electron chi connectivity index (χ1n) is 12.2. The quantitative estimate of drug-likeness (QED) is 0.571. The molecule has 1 unspecified atom stereocenters. The first kappa shape index (κ1) is 27.3. The van der Waals surface area contributed by atoms with Crippen molar-refractivity contribution in [3.63, 3.8) is 0 Å². The number of carbonyl (C=O) groups excluding carboxylic acids is 2. The zero-order valence-electron chi connectivity index (χ0n) is 21.3. The Kier molecular flexibility index (Phi) is 8.08. The summed E-state index contributed by atoms with van der Waals surface area (Å²) in [6.07, 6.45) is 3.81. The molecule has 0 aliphatic carbocycles. The van der Waals surface area contributed by atoms with E-state index >= 15 is 0 Å². The highest BCUT2D eigenvalue weighted by molar-refractivity contribution is 8.02. The Balaban J connectivity index is 1.54. The van der Waals surface area contributed by atoms with Crippen LogP contribution in [0.2, 0.25) is 0 Å². The highest BCUT2D eigenvalue weighted by atomic mass is 32.2. The summed E-state index contributed by atoms with van der Waals surface area (Å²) >= 11 is 1.46. The van der Waals surface area contributed by atoms with Crippen LogP contribution in [0.4, 0.5) is 13.2 Å². The number of allylic oxidation sites excluding steroid dienone is 1. The number of rotatable bonds is 7. The second-order valence-electron chi connectivity index (χ2n) is 9.66. The van der Waals surface area contributed by atoms with Crippen LogP contribution in [0, 0.1) is 18.8 Å². The molecular weight excluding hydrogens is 505 g/mol. The topological polar surface area (TPSA) is 92.5 Å². The molecule has 0 saturated carbocycles. The molecule has 1 fully saturated rings. The maximum Gasteiger partial charge on any atom is 0.401 e. The number of nitrogens with zero attached hydrogens (tertiary/aromatic N) is 5. The molecule has 1 saturated heterocycles. The normalized spacial score (nSPS) is 20.6. The molecule has 0 aromatic carbocycles. The Morgan fingerprint density at radius 2 is 1.97 bits per heavy atom. The zero-order valence-corrected chi connectivity index (χ0v) is 22.1. The van der Waals surface area contributed by atoms with Crippen LogP contribution in [-0.2, 0) is 4.79 Å². The molecule has 0 bridgehead atoms. The number of carbonyl (C=O) groups is 2. The number of amides is 2. The van der Waals surface area contributed by atoms with Crippen LogP contribution in [0.3, 0.4) is 0 Å². The molecule has 2 amide bonds. The number of nitrogens with one attached hydrogen (secondary N) is 1. The summed E-state index contributed by atoms with van der Waals surface area (Å²) in [5.41, 5.74) is 2.41. The van der Waals surface area contributed by atoms with Gasteiger partial charge in [0.25, 0.3) is 11.8 Å². The highest BCUT2D eigenvalue weighted by Crippen LogP contribution is 2.35. The zero-order chi connectivity index (χ0) is 26.9. The van der Waals surface area contributed by atoms with E-state index in [0.29, 0.717) is 53.9 Å². The number of fused-ring (bicyclic) bond motifs is 1. The summed E-state index contributed by atoms with van der Waals surface area (Å²) in [7, 11) is 0. The third-order valence-electron chi connectivity index (χ3n) is 7.25. The van der Waals surface area contributed by atoms with Crippen molar-refractivity contribution in [2.75, 3.05) is 32.4 Å². The van der Waals surface area contributed by atoms with Gasteiger partial charge >= 0.3 is 6.18 Å². The van der Waals surface area contributed by atoms with Gasteiger partial charge in [-0.2, -0.15) is 13.2 Å². The maximum atomic E-state index is 13.4. The molecule has 0 spiro atoms. The number of dihydropyridines is 1. The summed E-state index contributed by atoms with van der Waals surface area (Å²) < 4.78 is 40.4. The van der Waals surface area contributed by atoms with Crippen LogP contribution >= 0.6 is 11.8 Å². The molecule has 2 aliphatic heterocycles. The lowest BCUT2D eigenvalue weighted by Gasteiger charge is -2.36. The van der Waals surface area contributed by atoms with E-state index in [1.165, 1.54) is 23.0 Å². The fraction of sp³-hybridized carbons (Fsp3) is 0.560. The van der Waals surface area contributed by atoms with Gasteiger partial charge in [-0.15, -0.1) is 11.8 Å². The number of aromatic nitrogens is 3. The van der Waals surface area contributed by atoms with Gasteiger partial charge in [-0.3, -0.25) is 14.5 Å². The number of piperidine rings is 1. The number of likely N-dealkylation sites (tertiary alicyclic amines) is 1. The molecule has 200 valence electrons. The lowest BCUT2D eigenvalue weighted by atomic mass is 9.90. The Labute approximate surface area is 217 Å². The predicted octanol–water partition coefficient (Wildman–Crippen LogP) is 4.17. The molecule has 2 aromatic heterocycles. The van der Waals surface area contributed by atoms with Gasteiger partial charge in [-0.1, -0.05) is 0 Å². The Morgan fingerprint density at radius 1 is 1.27 bits per heavy atom. The van der Waals surface area contributed by atoms with Gasteiger partial charge in [0.2, 0.25) is 0 Å². The number of aliphatic imine (C=N–C) groups is 1. The SMILES string of the molecule is CSC1=CC(C)=NC(=O)C1CNC(=O)c1c(C)n([C@H](C)C2CCN(CC(F)(F)F)CC2)c2ncncc12. The van der Waals surface area contributed by atoms with E-state index in [0.717, 1.165) is 4.91 Å². The van der Waals surface area contributed by atoms with Crippen molar-refractivity contribution in [3.05, 3.63) is 34.8 Å². The maximum absolute atomic E-state index is 13.4. The van der Waals surface area contributed by atoms with Crippen molar-refractivity contribution < 1.29 is 22.8 Å². The summed E-state index contributed by atoms with van der Waals surface area (Å²) in [6, 6.07) is -0.0738. The minimum atomic E-state index is -4.20. The average molecular weight is 537 g/mol. The molecule has 2 aromatic rings. The van der Waals surface area contributed by atoms with E-state index < -0.39 is 18.6 Å². The molecule has 2 aliphatic rings. The summed E-state index contributed by atoms with van der Waals surface area (Å²) in [4.78, 5) is 40.8. The molecule has 4 rings (SSSR count). The first-order valence-corrected chi connectivity index (χ1v) is 13.4. The smallest absolute Gasteiger partial charge is 0.351 e.